The molecule has 1 N–H and O–H groups in total. The Hall–Kier alpha value is -1.93. The summed E-state index contributed by atoms with van der Waals surface area (Å²) in [4.78, 5) is 2.58. The Morgan fingerprint density at radius 2 is 1.68 bits per heavy atom. The fourth-order valence-corrected chi connectivity index (χ4v) is 4.70. The van der Waals surface area contributed by atoms with Gasteiger partial charge < -0.3 is 9.47 Å². The van der Waals surface area contributed by atoms with Gasteiger partial charge in [-0.3, -0.25) is 4.90 Å². The molecule has 0 radical (unpaired) electrons. The number of hydrogen-bond donors (Lipinski definition) is 1. The molecule has 3 rings (SSSR count). The van der Waals surface area contributed by atoms with E-state index in [9.17, 15) is 8.42 Å². The number of benzene rings is 2. The Balaban J connectivity index is 1.74. The second-order valence-electron chi connectivity index (χ2n) is 7.07. The highest BCUT2D eigenvalue weighted by atomic mass is 32.2. The fraction of sp³-hybridized carbons (Fsp3) is 0.429. The summed E-state index contributed by atoms with van der Waals surface area (Å²) in [5, 5.41) is 0. The van der Waals surface area contributed by atoms with Gasteiger partial charge in [0, 0.05) is 26.2 Å². The molecule has 0 spiro atoms. The molecule has 1 aliphatic heterocycles. The van der Waals surface area contributed by atoms with E-state index in [1.165, 1.54) is 0 Å². The Morgan fingerprint density at radius 3 is 2.29 bits per heavy atom. The summed E-state index contributed by atoms with van der Waals surface area (Å²) in [6, 6.07) is 11.3. The van der Waals surface area contributed by atoms with E-state index in [2.05, 4.69) is 15.7 Å². The molecule has 0 amide bonds. The quantitative estimate of drug-likeness (QED) is 0.768. The number of ether oxygens (including phenoxy) is 2. The predicted molar refractivity (Wildman–Crippen MR) is 109 cm³/mol. The maximum absolute atomic E-state index is 12.8. The third-order valence-corrected chi connectivity index (χ3v) is 6.40. The molecular formula is C21H28N2O4S. The summed E-state index contributed by atoms with van der Waals surface area (Å²) < 4.78 is 39.1. The van der Waals surface area contributed by atoms with Crippen LogP contribution in [0.1, 0.15) is 22.3 Å². The van der Waals surface area contributed by atoms with Crippen LogP contribution in [0.5, 0.6) is 5.75 Å². The normalized spacial score (nSPS) is 15.5. The number of rotatable bonds is 7. The third-order valence-electron chi connectivity index (χ3n) is 5.02. The van der Waals surface area contributed by atoms with Crippen molar-refractivity contribution in [2.75, 3.05) is 33.4 Å². The maximum Gasteiger partial charge on any atom is 0.240 e. The molecule has 6 nitrogen and oxygen atoms in total. The molecule has 7 heteroatoms. The van der Waals surface area contributed by atoms with Crippen LogP contribution in [0.4, 0.5) is 0 Å². The van der Waals surface area contributed by atoms with Crippen LogP contribution in [0.3, 0.4) is 0 Å². The van der Waals surface area contributed by atoms with Crippen LogP contribution in [-0.4, -0.2) is 46.7 Å². The standard InChI is InChI=1S/C21H28N2O4S/c1-16-12-20(13-17(2)21(16)26-3)28(24,25)22-14-18-6-4-5-7-19(18)15-23-8-10-27-11-9-23/h4-7,12-13,22H,8-11,14-15H2,1-3H3. The van der Waals surface area contributed by atoms with Crippen molar-refractivity contribution in [1.82, 2.24) is 9.62 Å². The zero-order valence-corrected chi connectivity index (χ0v) is 17.5. The summed E-state index contributed by atoms with van der Waals surface area (Å²) in [6.45, 7) is 8.02. The maximum atomic E-state index is 12.8. The van der Waals surface area contributed by atoms with Crippen molar-refractivity contribution >= 4 is 10.0 Å². The first-order valence-electron chi connectivity index (χ1n) is 9.42. The molecular weight excluding hydrogens is 376 g/mol. The highest BCUT2D eigenvalue weighted by Crippen LogP contribution is 2.26. The fourth-order valence-electron chi connectivity index (χ4n) is 3.53. The van der Waals surface area contributed by atoms with Gasteiger partial charge in [0.2, 0.25) is 10.0 Å². The van der Waals surface area contributed by atoms with Crippen LogP contribution in [0.15, 0.2) is 41.3 Å². The van der Waals surface area contributed by atoms with Crippen LogP contribution in [-0.2, 0) is 27.8 Å². The van der Waals surface area contributed by atoms with Gasteiger partial charge in [0.25, 0.3) is 0 Å². The van der Waals surface area contributed by atoms with Crippen LogP contribution in [0.25, 0.3) is 0 Å². The zero-order chi connectivity index (χ0) is 20.1. The lowest BCUT2D eigenvalue weighted by atomic mass is 10.1. The SMILES string of the molecule is COc1c(C)cc(S(=O)(=O)NCc2ccccc2CN2CCOCC2)cc1C. The average molecular weight is 405 g/mol. The molecule has 28 heavy (non-hydrogen) atoms. The average Bonchev–Trinajstić information content (AvgIpc) is 2.68. The highest BCUT2D eigenvalue weighted by Gasteiger charge is 2.18. The van der Waals surface area contributed by atoms with E-state index in [4.69, 9.17) is 9.47 Å². The molecule has 152 valence electrons. The summed E-state index contributed by atoms with van der Waals surface area (Å²) in [5.41, 5.74) is 3.72. The van der Waals surface area contributed by atoms with Gasteiger partial charge in [0.05, 0.1) is 25.2 Å². The molecule has 1 saturated heterocycles. The lowest BCUT2D eigenvalue weighted by Gasteiger charge is -2.27. The molecule has 0 atom stereocenters. The molecule has 1 aliphatic rings. The summed E-state index contributed by atoms with van der Waals surface area (Å²) in [6.07, 6.45) is 0. The Labute approximate surface area is 167 Å². The van der Waals surface area contributed by atoms with E-state index in [1.54, 1.807) is 19.2 Å². The summed E-state index contributed by atoms with van der Waals surface area (Å²) in [7, 11) is -2.03. The van der Waals surface area contributed by atoms with Crippen molar-refractivity contribution in [3.05, 3.63) is 58.7 Å². The number of nitrogens with zero attached hydrogens (tertiary/aromatic N) is 1. The van der Waals surface area contributed by atoms with Gasteiger partial charge >= 0.3 is 0 Å². The van der Waals surface area contributed by atoms with Crippen LogP contribution in [0.2, 0.25) is 0 Å². The Bertz CT molecular complexity index is 899. The second kappa shape index (κ2) is 9.05. The van der Waals surface area contributed by atoms with E-state index < -0.39 is 10.0 Å². The predicted octanol–water partition coefficient (Wildman–Crippen LogP) is 2.62. The van der Waals surface area contributed by atoms with Gasteiger partial charge in [0.15, 0.2) is 0 Å². The minimum atomic E-state index is -3.62. The van der Waals surface area contributed by atoms with Crippen LogP contribution in [0, 0.1) is 13.8 Å². The minimum absolute atomic E-state index is 0.257. The Kier molecular flexibility index (Phi) is 6.72. The van der Waals surface area contributed by atoms with Gasteiger partial charge in [-0.15, -0.1) is 0 Å². The summed E-state index contributed by atoms with van der Waals surface area (Å²) in [5.74, 6) is 0.717. The lowest BCUT2D eigenvalue weighted by Crippen LogP contribution is -2.36. The van der Waals surface area contributed by atoms with Crippen molar-refractivity contribution in [2.24, 2.45) is 0 Å². The van der Waals surface area contributed by atoms with Gasteiger partial charge in [-0.1, -0.05) is 24.3 Å². The molecule has 0 saturated carbocycles. The van der Waals surface area contributed by atoms with Gasteiger partial charge in [-0.2, -0.15) is 0 Å². The molecule has 2 aromatic rings. The van der Waals surface area contributed by atoms with Crippen molar-refractivity contribution in [2.45, 2.75) is 31.8 Å². The van der Waals surface area contributed by atoms with Gasteiger partial charge in [0.1, 0.15) is 5.75 Å². The van der Waals surface area contributed by atoms with Gasteiger partial charge in [-0.25, -0.2) is 13.1 Å². The van der Waals surface area contributed by atoms with E-state index in [1.807, 2.05) is 32.0 Å². The van der Waals surface area contributed by atoms with E-state index in [0.717, 1.165) is 60.9 Å². The largest absolute Gasteiger partial charge is 0.496 e. The number of hydrogen-bond acceptors (Lipinski definition) is 5. The number of aryl methyl sites for hydroxylation is 2. The van der Waals surface area contributed by atoms with Gasteiger partial charge in [-0.05, 0) is 48.2 Å². The van der Waals surface area contributed by atoms with Crippen molar-refractivity contribution in [1.29, 1.82) is 0 Å². The van der Waals surface area contributed by atoms with Crippen molar-refractivity contribution in [3.8, 4) is 5.75 Å². The smallest absolute Gasteiger partial charge is 0.240 e. The molecule has 2 aromatic carbocycles. The number of morpholine rings is 1. The first kappa shape index (κ1) is 20.8. The lowest BCUT2D eigenvalue weighted by molar-refractivity contribution is 0.0341. The van der Waals surface area contributed by atoms with E-state index in [0.29, 0.717) is 0 Å². The monoisotopic (exact) mass is 404 g/mol. The first-order chi connectivity index (χ1) is 13.4. The molecule has 1 heterocycles. The highest BCUT2D eigenvalue weighted by molar-refractivity contribution is 7.89. The number of nitrogens with one attached hydrogen (secondary N) is 1. The van der Waals surface area contributed by atoms with Crippen LogP contribution < -0.4 is 9.46 Å². The van der Waals surface area contributed by atoms with E-state index in [-0.39, 0.29) is 11.4 Å². The molecule has 0 aromatic heterocycles. The number of methoxy groups -OCH3 is 1. The molecule has 0 aliphatic carbocycles. The van der Waals surface area contributed by atoms with Crippen molar-refractivity contribution < 1.29 is 17.9 Å². The number of sulfonamides is 1. The second-order valence-corrected chi connectivity index (χ2v) is 8.84. The molecule has 1 fully saturated rings. The topological polar surface area (TPSA) is 67.9 Å². The first-order valence-corrected chi connectivity index (χ1v) is 10.9. The third kappa shape index (κ3) is 4.91. The minimum Gasteiger partial charge on any atom is -0.496 e. The molecule has 0 bridgehead atoms. The van der Waals surface area contributed by atoms with E-state index >= 15 is 0 Å². The van der Waals surface area contributed by atoms with Crippen molar-refractivity contribution in [3.63, 3.8) is 0 Å². The van der Waals surface area contributed by atoms with Crippen LogP contribution >= 0.6 is 0 Å². The summed E-state index contributed by atoms with van der Waals surface area (Å²) >= 11 is 0. The zero-order valence-electron chi connectivity index (χ0n) is 16.7. The molecule has 0 unspecified atom stereocenters. The Morgan fingerprint density at radius 1 is 1.07 bits per heavy atom.